The van der Waals surface area contributed by atoms with E-state index in [0.29, 0.717) is 0 Å². The maximum atomic E-state index is 3.49. The number of rotatable bonds is 7. The third-order valence-corrected chi connectivity index (χ3v) is 5.79. The van der Waals surface area contributed by atoms with Crippen LogP contribution < -0.4 is 21.3 Å². The number of hydrogen-bond donors (Lipinski definition) is 4. The van der Waals surface area contributed by atoms with E-state index in [1.807, 2.05) is 0 Å². The van der Waals surface area contributed by atoms with Gasteiger partial charge in [0.15, 0.2) is 0 Å². The van der Waals surface area contributed by atoms with Gasteiger partial charge in [-0.15, -0.1) is 0 Å². The molecule has 0 aliphatic rings. The molecule has 0 aliphatic heterocycles. The summed E-state index contributed by atoms with van der Waals surface area (Å²) in [6, 6.07) is 33.7. The Morgan fingerprint density at radius 3 is 0.861 bits per heavy atom. The first-order valence-corrected chi connectivity index (χ1v) is 12.5. The largest absolute Gasteiger partial charge is 0.380 e. The summed E-state index contributed by atoms with van der Waals surface area (Å²) in [5, 5.41) is 13.9. The average molecular weight is 479 g/mol. The molecule has 36 heavy (non-hydrogen) atoms. The van der Waals surface area contributed by atoms with Crippen LogP contribution in [0.4, 0.5) is 39.8 Å². The maximum absolute atomic E-state index is 3.49. The highest BCUT2D eigenvalue weighted by molar-refractivity contribution is 5.69. The van der Waals surface area contributed by atoms with E-state index in [9.17, 15) is 0 Å². The van der Waals surface area contributed by atoms with Crippen molar-refractivity contribution in [2.75, 3.05) is 21.3 Å². The molecule has 4 aromatic rings. The Hall–Kier alpha value is -3.92. The second-order valence-corrected chi connectivity index (χ2v) is 11.3. The summed E-state index contributed by atoms with van der Waals surface area (Å²) < 4.78 is 0. The average Bonchev–Trinajstić information content (AvgIpc) is 2.82. The zero-order valence-corrected chi connectivity index (χ0v) is 22.2. The molecule has 0 radical (unpaired) electrons. The quantitative estimate of drug-likeness (QED) is 0.214. The number of anilines is 7. The molecule has 0 unspecified atom stereocenters. The standard InChI is InChI=1S/C32H38N4/c1-31(2,3)23-7-9-24(10-8-23)33-25-11-13-26(14-12-25)34-27-15-17-28(18-16-27)35-29-19-21-30(22-20-29)36-32(4,5)6/h7-22,33-36H,1-6H3. The van der Waals surface area contributed by atoms with Crippen molar-refractivity contribution in [3.8, 4) is 0 Å². The second-order valence-electron chi connectivity index (χ2n) is 11.3. The van der Waals surface area contributed by atoms with Crippen LogP contribution in [0, 0.1) is 0 Å². The summed E-state index contributed by atoms with van der Waals surface area (Å²) >= 11 is 0. The molecule has 0 saturated carbocycles. The van der Waals surface area contributed by atoms with Gasteiger partial charge in [-0.05, 0) is 117 Å². The van der Waals surface area contributed by atoms with Crippen LogP contribution in [-0.2, 0) is 5.41 Å². The fourth-order valence-electron chi connectivity index (χ4n) is 3.90. The molecule has 0 fully saturated rings. The second kappa shape index (κ2) is 10.4. The van der Waals surface area contributed by atoms with Crippen molar-refractivity contribution < 1.29 is 0 Å². The van der Waals surface area contributed by atoms with Gasteiger partial charge in [-0.1, -0.05) is 32.9 Å². The van der Waals surface area contributed by atoms with E-state index < -0.39 is 0 Å². The number of nitrogens with one attached hydrogen (secondary N) is 4. The van der Waals surface area contributed by atoms with Crippen LogP contribution in [0.15, 0.2) is 97.1 Å². The molecule has 4 rings (SSSR count). The predicted molar refractivity (Wildman–Crippen MR) is 158 cm³/mol. The van der Waals surface area contributed by atoms with Crippen LogP contribution in [0.5, 0.6) is 0 Å². The van der Waals surface area contributed by atoms with Gasteiger partial charge in [0.2, 0.25) is 0 Å². The van der Waals surface area contributed by atoms with Crippen molar-refractivity contribution >= 4 is 39.8 Å². The molecule has 0 amide bonds. The fraction of sp³-hybridized carbons (Fsp3) is 0.250. The highest BCUT2D eigenvalue weighted by Gasteiger charge is 2.13. The lowest BCUT2D eigenvalue weighted by Gasteiger charge is -2.22. The highest BCUT2D eigenvalue weighted by Crippen LogP contribution is 2.27. The van der Waals surface area contributed by atoms with Crippen LogP contribution in [0.25, 0.3) is 0 Å². The summed E-state index contributed by atoms with van der Waals surface area (Å²) in [6.07, 6.45) is 0. The molecule has 0 aliphatic carbocycles. The molecule has 4 heteroatoms. The molecule has 0 aromatic heterocycles. The van der Waals surface area contributed by atoms with Crippen LogP contribution in [0.3, 0.4) is 0 Å². The molecule has 0 heterocycles. The first-order valence-electron chi connectivity index (χ1n) is 12.5. The highest BCUT2D eigenvalue weighted by atomic mass is 15.0. The SMILES string of the molecule is CC(C)(C)Nc1ccc(Nc2ccc(Nc3ccc(Nc4ccc(C(C)(C)C)cc4)cc3)cc2)cc1. The van der Waals surface area contributed by atoms with E-state index in [1.165, 1.54) is 5.56 Å². The molecular formula is C32H38N4. The summed E-state index contributed by atoms with van der Waals surface area (Å²) in [5.74, 6) is 0. The monoisotopic (exact) mass is 478 g/mol. The van der Waals surface area contributed by atoms with Crippen molar-refractivity contribution in [2.45, 2.75) is 52.5 Å². The van der Waals surface area contributed by atoms with Gasteiger partial charge in [-0.2, -0.15) is 0 Å². The molecular weight excluding hydrogens is 440 g/mol. The van der Waals surface area contributed by atoms with Crippen LogP contribution in [-0.4, -0.2) is 5.54 Å². The Morgan fingerprint density at radius 2 is 0.611 bits per heavy atom. The predicted octanol–water partition coefficient (Wildman–Crippen LogP) is 9.43. The van der Waals surface area contributed by atoms with Crippen LogP contribution >= 0.6 is 0 Å². The van der Waals surface area contributed by atoms with Gasteiger partial charge in [-0.25, -0.2) is 0 Å². The molecule has 0 atom stereocenters. The summed E-state index contributed by atoms with van der Waals surface area (Å²) in [7, 11) is 0. The van der Waals surface area contributed by atoms with Crippen molar-refractivity contribution in [3.05, 3.63) is 103 Å². The molecule has 4 nitrogen and oxygen atoms in total. The number of benzene rings is 4. The maximum Gasteiger partial charge on any atom is 0.0385 e. The Morgan fingerprint density at radius 1 is 0.361 bits per heavy atom. The molecule has 186 valence electrons. The van der Waals surface area contributed by atoms with Gasteiger partial charge in [0.05, 0.1) is 0 Å². The van der Waals surface area contributed by atoms with E-state index in [2.05, 4.69) is 160 Å². The minimum atomic E-state index is 0.0486. The summed E-state index contributed by atoms with van der Waals surface area (Å²) in [5.41, 5.74) is 9.02. The Balaban J connectivity index is 1.31. The van der Waals surface area contributed by atoms with Gasteiger partial charge in [-0.3, -0.25) is 0 Å². The Kier molecular flexibility index (Phi) is 7.25. The lowest BCUT2D eigenvalue weighted by molar-refractivity contribution is 0.590. The topological polar surface area (TPSA) is 48.1 Å². The first-order chi connectivity index (χ1) is 17.0. The van der Waals surface area contributed by atoms with Crippen molar-refractivity contribution in [2.24, 2.45) is 0 Å². The van der Waals surface area contributed by atoms with Crippen molar-refractivity contribution in [3.63, 3.8) is 0 Å². The number of hydrogen-bond acceptors (Lipinski definition) is 4. The van der Waals surface area contributed by atoms with E-state index in [0.717, 1.165) is 39.8 Å². The van der Waals surface area contributed by atoms with Gasteiger partial charge < -0.3 is 21.3 Å². The molecule has 0 spiro atoms. The third-order valence-electron chi connectivity index (χ3n) is 5.79. The molecule has 4 aromatic carbocycles. The zero-order valence-electron chi connectivity index (χ0n) is 22.2. The van der Waals surface area contributed by atoms with Gasteiger partial charge in [0.1, 0.15) is 0 Å². The zero-order chi connectivity index (χ0) is 25.8. The fourth-order valence-corrected chi connectivity index (χ4v) is 3.90. The van der Waals surface area contributed by atoms with Crippen LogP contribution in [0.1, 0.15) is 47.1 Å². The smallest absolute Gasteiger partial charge is 0.0385 e. The Labute approximate surface area is 216 Å². The van der Waals surface area contributed by atoms with E-state index in [-0.39, 0.29) is 11.0 Å². The molecule has 0 bridgehead atoms. The van der Waals surface area contributed by atoms with E-state index in [1.54, 1.807) is 0 Å². The molecule has 4 N–H and O–H groups in total. The Bertz CT molecular complexity index is 1240. The van der Waals surface area contributed by atoms with Crippen molar-refractivity contribution in [1.29, 1.82) is 0 Å². The van der Waals surface area contributed by atoms with Gasteiger partial charge in [0, 0.05) is 45.4 Å². The van der Waals surface area contributed by atoms with Gasteiger partial charge >= 0.3 is 0 Å². The summed E-state index contributed by atoms with van der Waals surface area (Å²) in [4.78, 5) is 0. The van der Waals surface area contributed by atoms with E-state index in [4.69, 9.17) is 0 Å². The van der Waals surface area contributed by atoms with Gasteiger partial charge in [0.25, 0.3) is 0 Å². The third kappa shape index (κ3) is 7.29. The first kappa shape index (κ1) is 25.2. The van der Waals surface area contributed by atoms with E-state index >= 15 is 0 Å². The van der Waals surface area contributed by atoms with Crippen molar-refractivity contribution in [1.82, 2.24) is 0 Å². The molecule has 0 saturated heterocycles. The summed E-state index contributed by atoms with van der Waals surface area (Å²) in [6.45, 7) is 13.2. The lowest BCUT2D eigenvalue weighted by Crippen LogP contribution is -2.25. The lowest BCUT2D eigenvalue weighted by atomic mass is 9.87. The normalized spacial score (nSPS) is 11.6. The van der Waals surface area contributed by atoms with Crippen LogP contribution in [0.2, 0.25) is 0 Å². The minimum absolute atomic E-state index is 0.0486. The minimum Gasteiger partial charge on any atom is -0.380 e.